The van der Waals surface area contributed by atoms with E-state index in [2.05, 4.69) is 36.2 Å². The van der Waals surface area contributed by atoms with Crippen molar-refractivity contribution in [2.75, 3.05) is 30.4 Å². The van der Waals surface area contributed by atoms with Gasteiger partial charge in [0.1, 0.15) is 5.75 Å². The number of anilines is 2. The molecule has 0 bridgehead atoms. The van der Waals surface area contributed by atoms with Crippen molar-refractivity contribution in [1.29, 1.82) is 0 Å². The third kappa shape index (κ3) is 1.74. The molecule has 1 aliphatic heterocycles. The van der Waals surface area contributed by atoms with Crippen molar-refractivity contribution in [3.05, 3.63) is 18.2 Å². The molecule has 1 unspecified atom stereocenters. The number of likely N-dealkylation sites (N-methyl/N-ethyl adjacent to an activating group) is 1. The highest BCUT2D eigenvalue weighted by Crippen LogP contribution is 2.34. The molecule has 0 saturated heterocycles. The van der Waals surface area contributed by atoms with Gasteiger partial charge >= 0.3 is 0 Å². The summed E-state index contributed by atoms with van der Waals surface area (Å²) in [6, 6.07) is 6.75. The second-order valence-electron chi connectivity index (χ2n) is 3.90. The summed E-state index contributed by atoms with van der Waals surface area (Å²) in [5.41, 5.74) is 2.45. The highest BCUT2D eigenvalue weighted by atomic mass is 16.5. The molecule has 0 aliphatic carbocycles. The van der Waals surface area contributed by atoms with Gasteiger partial charge in [-0.15, -0.1) is 0 Å². The van der Waals surface area contributed by atoms with Crippen LogP contribution < -0.4 is 15.0 Å². The smallest absolute Gasteiger partial charge is 0.121 e. The predicted octanol–water partition coefficient (Wildman–Crippen LogP) is 2.34. The van der Waals surface area contributed by atoms with Gasteiger partial charge < -0.3 is 15.0 Å². The van der Waals surface area contributed by atoms with E-state index in [9.17, 15) is 0 Å². The number of nitrogens with zero attached hydrogens (tertiary/aromatic N) is 1. The van der Waals surface area contributed by atoms with Gasteiger partial charge in [-0.2, -0.15) is 0 Å². The summed E-state index contributed by atoms with van der Waals surface area (Å²) in [5, 5.41) is 3.43. The summed E-state index contributed by atoms with van der Waals surface area (Å²) in [4.78, 5) is 2.41. The molecule has 1 N–H and O–H groups in total. The molecular weight excluding hydrogens is 188 g/mol. The fraction of sp³-hybridized carbons (Fsp3) is 0.500. The summed E-state index contributed by atoms with van der Waals surface area (Å²) >= 11 is 0. The van der Waals surface area contributed by atoms with Gasteiger partial charge in [-0.25, -0.2) is 0 Å². The summed E-state index contributed by atoms with van der Waals surface area (Å²) < 4.78 is 5.22. The molecule has 82 valence electrons. The molecule has 2 rings (SSSR count). The van der Waals surface area contributed by atoms with Gasteiger partial charge in [-0.05, 0) is 26.0 Å². The quantitative estimate of drug-likeness (QED) is 0.803. The number of methoxy groups -OCH3 is 1. The third-order valence-corrected chi connectivity index (χ3v) is 2.97. The average Bonchev–Trinajstić information content (AvgIpc) is 2.28. The molecule has 1 aromatic rings. The van der Waals surface area contributed by atoms with Crippen LogP contribution in [0.5, 0.6) is 5.75 Å². The Hall–Kier alpha value is -1.38. The first-order valence-electron chi connectivity index (χ1n) is 5.44. The number of nitrogens with one attached hydrogen (secondary N) is 1. The van der Waals surface area contributed by atoms with Crippen LogP contribution in [0.4, 0.5) is 11.4 Å². The second kappa shape index (κ2) is 4.01. The van der Waals surface area contributed by atoms with Crippen molar-refractivity contribution in [2.24, 2.45) is 0 Å². The Morgan fingerprint density at radius 2 is 2.33 bits per heavy atom. The molecule has 0 radical (unpaired) electrons. The van der Waals surface area contributed by atoms with Crippen molar-refractivity contribution in [2.45, 2.75) is 19.9 Å². The molecule has 1 atom stereocenters. The number of hydrogen-bond donors (Lipinski definition) is 1. The largest absolute Gasteiger partial charge is 0.497 e. The highest BCUT2D eigenvalue weighted by molar-refractivity contribution is 5.74. The van der Waals surface area contributed by atoms with E-state index in [0.29, 0.717) is 6.04 Å². The minimum atomic E-state index is 0.552. The van der Waals surface area contributed by atoms with Gasteiger partial charge in [0.2, 0.25) is 0 Å². The van der Waals surface area contributed by atoms with Crippen LogP contribution in [0.25, 0.3) is 0 Å². The Kier molecular flexibility index (Phi) is 2.71. The molecule has 1 heterocycles. The Morgan fingerprint density at radius 3 is 3.00 bits per heavy atom. The van der Waals surface area contributed by atoms with Crippen LogP contribution in [0.1, 0.15) is 13.8 Å². The van der Waals surface area contributed by atoms with Crippen molar-refractivity contribution >= 4 is 11.4 Å². The maximum atomic E-state index is 5.22. The van der Waals surface area contributed by atoms with E-state index < -0.39 is 0 Å². The van der Waals surface area contributed by atoms with Crippen molar-refractivity contribution in [3.8, 4) is 5.75 Å². The van der Waals surface area contributed by atoms with Crippen LogP contribution in [0.15, 0.2) is 18.2 Å². The summed E-state index contributed by atoms with van der Waals surface area (Å²) in [5.74, 6) is 0.909. The lowest BCUT2D eigenvalue weighted by molar-refractivity contribution is 0.415. The number of benzene rings is 1. The molecule has 0 amide bonds. The molecule has 3 heteroatoms. The Bertz CT molecular complexity index is 351. The summed E-state index contributed by atoms with van der Waals surface area (Å²) in [7, 11) is 1.70. The predicted molar refractivity (Wildman–Crippen MR) is 64.0 cm³/mol. The molecule has 0 saturated carbocycles. The topological polar surface area (TPSA) is 24.5 Å². The molecular formula is C12H18N2O. The van der Waals surface area contributed by atoms with Gasteiger partial charge in [-0.3, -0.25) is 0 Å². The molecule has 1 aromatic carbocycles. The van der Waals surface area contributed by atoms with Gasteiger partial charge in [0.05, 0.1) is 18.5 Å². The van der Waals surface area contributed by atoms with Crippen molar-refractivity contribution in [1.82, 2.24) is 0 Å². The first-order chi connectivity index (χ1) is 7.26. The second-order valence-corrected chi connectivity index (χ2v) is 3.90. The highest BCUT2D eigenvalue weighted by Gasteiger charge is 2.21. The zero-order valence-corrected chi connectivity index (χ0v) is 9.58. The van der Waals surface area contributed by atoms with E-state index >= 15 is 0 Å². The van der Waals surface area contributed by atoms with Gasteiger partial charge in [0.25, 0.3) is 0 Å². The van der Waals surface area contributed by atoms with E-state index in [1.165, 1.54) is 11.4 Å². The van der Waals surface area contributed by atoms with E-state index in [1.807, 2.05) is 6.07 Å². The van der Waals surface area contributed by atoms with E-state index in [1.54, 1.807) is 7.11 Å². The number of ether oxygens (including phenoxy) is 1. The first kappa shape index (κ1) is 10.1. The Labute approximate surface area is 91.0 Å². The van der Waals surface area contributed by atoms with Crippen LogP contribution in [-0.4, -0.2) is 26.2 Å². The minimum Gasteiger partial charge on any atom is -0.497 e. The zero-order valence-electron chi connectivity index (χ0n) is 9.58. The summed E-state index contributed by atoms with van der Waals surface area (Å²) in [6.07, 6.45) is 0. The van der Waals surface area contributed by atoms with Crippen LogP contribution in [0.2, 0.25) is 0 Å². The molecule has 15 heavy (non-hydrogen) atoms. The van der Waals surface area contributed by atoms with E-state index in [-0.39, 0.29) is 0 Å². The molecule has 0 aromatic heterocycles. The minimum absolute atomic E-state index is 0.552. The SMILES string of the molecule is CCN1c2ccc(OC)cc2NCC1C. The Morgan fingerprint density at radius 1 is 1.53 bits per heavy atom. The third-order valence-electron chi connectivity index (χ3n) is 2.97. The molecule has 0 spiro atoms. The van der Waals surface area contributed by atoms with Crippen LogP contribution >= 0.6 is 0 Å². The standard InChI is InChI=1S/C12H18N2O/c1-4-14-9(2)8-13-11-7-10(15-3)5-6-12(11)14/h5-7,9,13H,4,8H2,1-3H3. The maximum Gasteiger partial charge on any atom is 0.121 e. The molecule has 0 fully saturated rings. The van der Waals surface area contributed by atoms with Crippen molar-refractivity contribution in [3.63, 3.8) is 0 Å². The number of fused-ring (bicyclic) bond motifs is 1. The molecule has 3 nitrogen and oxygen atoms in total. The van der Waals surface area contributed by atoms with Crippen LogP contribution in [0.3, 0.4) is 0 Å². The molecule has 1 aliphatic rings. The Balaban J connectivity index is 2.38. The summed E-state index contributed by atoms with van der Waals surface area (Å²) in [6.45, 7) is 6.47. The fourth-order valence-electron chi connectivity index (χ4n) is 2.12. The zero-order chi connectivity index (χ0) is 10.8. The van der Waals surface area contributed by atoms with Gasteiger partial charge in [0.15, 0.2) is 0 Å². The van der Waals surface area contributed by atoms with Crippen LogP contribution in [0, 0.1) is 0 Å². The normalized spacial score (nSPS) is 19.4. The van der Waals surface area contributed by atoms with Gasteiger partial charge in [0, 0.05) is 25.2 Å². The monoisotopic (exact) mass is 206 g/mol. The van der Waals surface area contributed by atoms with Crippen molar-refractivity contribution < 1.29 is 4.74 Å². The lowest BCUT2D eigenvalue weighted by atomic mass is 10.1. The number of hydrogen-bond acceptors (Lipinski definition) is 3. The maximum absolute atomic E-state index is 5.22. The van der Waals surface area contributed by atoms with Crippen LogP contribution in [-0.2, 0) is 0 Å². The lowest BCUT2D eigenvalue weighted by Gasteiger charge is -2.37. The first-order valence-corrected chi connectivity index (χ1v) is 5.44. The average molecular weight is 206 g/mol. The van der Waals surface area contributed by atoms with E-state index in [0.717, 1.165) is 18.8 Å². The fourth-order valence-corrected chi connectivity index (χ4v) is 2.12. The number of rotatable bonds is 2. The van der Waals surface area contributed by atoms with E-state index in [4.69, 9.17) is 4.74 Å². The van der Waals surface area contributed by atoms with Gasteiger partial charge in [-0.1, -0.05) is 0 Å². The lowest BCUT2D eigenvalue weighted by Crippen LogP contribution is -2.41.